The molecule has 4 rings (SSSR count). The number of benzene rings is 2. The fourth-order valence-corrected chi connectivity index (χ4v) is 3.20. The molecule has 0 bridgehead atoms. The summed E-state index contributed by atoms with van der Waals surface area (Å²) in [6.45, 7) is 2.13. The molecule has 0 amide bonds. The van der Waals surface area contributed by atoms with Crippen molar-refractivity contribution in [2.75, 3.05) is 0 Å². The number of aliphatic imine (C=N–C) groups is 1. The number of rotatable bonds is 4. The molecule has 0 unspecified atom stereocenters. The smallest absolute Gasteiger partial charge is 0.0515 e. The predicted octanol–water partition coefficient (Wildman–Crippen LogP) is 5.99. The van der Waals surface area contributed by atoms with Gasteiger partial charge in [-0.1, -0.05) is 67.6 Å². The number of hydrogen-bond acceptors (Lipinski definition) is 2. The lowest BCUT2D eigenvalue weighted by molar-refractivity contribution is 1.07. The number of allylic oxidation sites excluding steroid dienone is 1. The van der Waals surface area contributed by atoms with Gasteiger partial charge in [-0.05, 0) is 41.3 Å². The van der Waals surface area contributed by atoms with Gasteiger partial charge in [0.25, 0.3) is 0 Å². The van der Waals surface area contributed by atoms with Gasteiger partial charge in [0.15, 0.2) is 0 Å². The molecule has 2 heteroatoms. The Morgan fingerprint density at radius 1 is 0.885 bits per heavy atom. The van der Waals surface area contributed by atoms with Gasteiger partial charge in [-0.3, -0.25) is 9.98 Å². The van der Waals surface area contributed by atoms with Crippen LogP contribution in [0.4, 0.5) is 0 Å². The Hall–Kier alpha value is -3.00. The maximum absolute atomic E-state index is 4.55. The first-order valence-electron chi connectivity index (χ1n) is 8.61. The molecule has 0 fully saturated rings. The van der Waals surface area contributed by atoms with Crippen molar-refractivity contribution >= 4 is 5.71 Å². The number of pyridine rings is 1. The lowest BCUT2D eigenvalue weighted by atomic mass is 9.99. The van der Waals surface area contributed by atoms with Crippen molar-refractivity contribution in [2.45, 2.75) is 27.2 Å². The molecule has 3 aromatic rings. The molecule has 130 valence electrons. The van der Waals surface area contributed by atoms with Crippen molar-refractivity contribution in [2.24, 2.45) is 4.99 Å². The van der Waals surface area contributed by atoms with Crippen LogP contribution in [0.3, 0.4) is 0 Å². The predicted molar refractivity (Wildman–Crippen MR) is 111 cm³/mol. The van der Waals surface area contributed by atoms with Gasteiger partial charge in [-0.2, -0.15) is 0 Å². The molecule has 1 aromatic heterocycles. The van der Waals surface area contributed by atoms with Gasteiger partial charge in [0.05, 0.1) is 5.71 Å². The van der Waals surface area contributed by atoms with E-state index in [4.69, 9.17) is 0 Å². The van der Waals surface area contributed by atoms with Gasteiger partial charge in [-0.15, -0.1) is 0 Å². The average Bonchev–Trinajstić information content (AvgIpc) is 3.17. The summed E-state index contributed by atoms with van der Waals surface area (Å²) in [4.78, 5) is 8.97. The van der Waals surface area contributed by atoms with Crippen LogP contribution < -0.4 is 0 Å². The molecule has 2 aromatic carbocycles. The highest BCUT2D eigenvalue weighted by Crippen LogP contribution is 2.22. The van der Waals surface area contributed by atoms with Gasteiger partial charge in [0, 0.05) is 30.9 Å². The second-order valence-corrected chi connectivity index (χ2v) is 6.45. The van der Waals surface area contributed by atoms with Gasteiger partial charge in [0.2, 0.25) is 0 Å². The van der Waals surface area contributed by atoms with Crippen molar-refractivity contribution in [3.63, 3.8) is 0 Å². The van der Waals surface area contributed by atoms with E-state index >= 15 is 0 Å². The number of aryl methyl sites for hydroxylation is 1. The van der Waals surface area contributed by atoms with Crippen LogP contribution in [0.15, 0.2) is 84.1 Å². The van der Waals surface area contributed by atoms with Crippen molar-refractivity contribution in [3.8, 4) is 11.1 Å². The summed E-state index contributed by atoms with van der Waals surface area (Å²) < 4.78 is 0. The van der Waals surface area contributed by atoms with Crippen molar-refractivity contribution in [3.05, 3.63) is 102 Å². The summed E-state index contributed by atoms with van der Waals surface area (Å²) >= 11 is 0. The highest BCUT2D eigenvalue weighted by Gasteiger charge is 2.07. The lowest BCUT2D eigenvalue weighted by Gasteiger charge is -2.08. The normalized spacial score (nSPS) is 12.6. The van der Waals surface area contributed by atoms with E-state index in [0.717, 1.165) is 24.2 Å². The van der Waals surface area contributed by atoms with Crippen LogP contribution in [0.5, 0.6) is 0 Å². The van der Waals surface area contributed by atoms with Crippen molar-refractivity contribution < 1.29 is 0 Å². The third-order valence-corrected chi connectivity index (χ3v) is 4.46. The molecule has 0 aliphatic carbocycles. The molecule has 0 saturated carbocycles. The number of hydrogen-bond donors (Lipinski definition) is 0. The molecule has 0 spiro atoms. The summed E-state index contributed by atoms with van der Waals surface area (Å²) in [6, 6.07) is 21.5. The highest BCUT2D eigenvalue weighted by atomic mass is 14.7. The Morgan fingerprint density at radius 3 is 2.46 bits per heavy atom. The Bertz CT molecular complexity index is 967. The van der Waals surface area contributed by atoms with Crippen molar-refractivity contribution in [1.82, 2.24) is 4.98 Å². The van der Waals surface area contributed by atoms with Crippen LogP contribution in [-0.2, 0) is 6.42 Å². The minimum Gasteiger partial charge on any atom is -0.261 e. The first-order valence-corrected chi connectivity index (χ1v) is 8.61. The van der Waals surface area contributed by atoms with E-state index in [1.54, 1.807) is 0 Å². The quantitative estimate of drug-likeness (QED) is 0.572. The molecule has 2 nitrogen and oxygen atoms in total. The van der Waals surface area contributed by atoms with E-state index in [-0.39, 0.29) is 7.43 Å². The summed E-state index contributed by atoms with van der Waals surface area (Å²) in [5, 5.41) is 0. The fraction of sp³-hybridized carbons (Fsp3) is 0.167. The van der Waals surface area contributed by atoms with Crippen LogP contribution in [-0.4, -0.2) is 10.7 Å². The van der Waals surface area contributed by atoms with E-state index in [9.17, 15) is 0 Å². The Morgan fingerprint density at radius 2 is 1.69 bits per heavy atom. The van der Waals surface area contributed by atoms with Crippen molar-refractivity contribution in [1.29, 1.82) is 0 Å². The van der Waals surface area contributed by atoms with Crippen LogP contribution in [0.2, 0.25) is 0 Å². The van der Waals surface area contributed by atoms with E-state index < -0.39 is 0 Å². The highest BCUT2D eigenvalue weighted by molar-refractivity contribution is 6.03. The topological polar surface area (TPSA) is 25.2 Å². The Kier molecular flexibility index (Phi) is 5.43. The summed E-state index contributed by atoms with van der Waals surface area (Å²) in [6.07, 6.45) is 7.58. The SMILES string of the molecule is C.Cc1cccc(-c2cccc(Cc3cc(C4=NC=CC4)ccn3)c2)c1. The molecular formula is C24H24N2. The molecule has 1 aliphatic heterocycles. The number of nitrogens with zero attached hydrogens (tertiary/aromatic N) is 2. The maximum atomic E-state index is 4.55. The standard InChI is InChI=1S/C23H20N2.CH4/c1-17-5-2-7-19(13-17)20-8-3-6-18(14-20)15-22-16-21(10-12-24-22)23-9-4-11-25-23;/h2-8,10-14,16H,9,15H2,1H3;1H4. The van der Waals surface area contributed by atoms with Crippen LogP contribution in [0, 0.1) is 6.92 Å². The van der Waals surface area contributed by atoms with Crippen LogP contribution in [0.1, 0.15) is 36.2 Å². The second kappa shape index (κ2) is 7.92. The Labute approximate surface area is 156 Å². The molecular weight excluding hydrogens is 316 g/mol. The molecule has 0 saturated heterocycles. The zero-order valence-corrected chi connectivity index (χ0v) is 14.3. The van der Waals surface area contributed by atoms with Gasteiger partial charge < -0.3 is 0 Å². The third-order valence-electron chi connectivity index (χ3n) is 4.46. The second-order valence-electron chi connectivity index (χ2n) is 6.45. The van der Waals surface area contributed by atoms with Crippen LogP contribution in [0.25, 0.3) is 11.1 Å². The molecule has 1 aliphatic rings. The number of aromatic nitrogens is 1. The van der Waals surface area contributed by atoms with Gasteiger partial charge in [-0.25, -0.2) is 0 Å². The summed E-state index contributed by atoms with van der Waals surface area (Å²) in [7, 11) is 0. The fourth-order valence-electron chi connectivity index (χ4n) is 3.20. The molecule has 0 radical (unpaired) electrons. The lowest BCUT2D eigenvalue weighted by Crippen LogP contribution is -2.00. The maximum Gasteiger partial charge on any atom is 0.0515 e. The van der Waals surface area contributed by atoms with Crippen LogP contribution >= 0.6 is 0 Å². The Balaban J connectivity index is 0.00000196. The van der Waals surface area contributed by atoms with Gasteiger partial charge >= 0.3 is 0 Å². The largest absolute Gasteiger partial charge is 0.261 e. The monoisotopic (exact) mass is 340 g/mol. The first kappa shape index (κ1) is 17.8. The van der Waals surface area contributed by atoms with E-state index in [1.165, 1.54) is 27.8 Å². The minimum absolute atomic E-state index is 0. The average molecular weight is 340 g/mol. The minimum atomic E-state index is 0. The summed E-state index contributed by atoms with van der Waals surface area (Å²) in [5.74, 6) is 0. The third kappa shape index (κ3) is 3.97. The van der Waals surface area contributed by atoms with E-state index in [0.29, 0.717) is 0 Å². The molecule has 0 N–H and O–H groups in total. The molecule has 0 atom stereocenters. The molecule has 26 heavy (non-hydrogen) atoms. The first-order chi connectivity index (χ1) is 12.3. The summed E-state index contributed by atoms with van der Waals surface area (Å²) in [5.41, 5.74) is 8.44. The van der Waals surface area contributed by atoms with E-state index in [1.807, 2.05) is 18.5 Å². The zero-order valence-electron chi connectivity index (χ0n) is 14.3. The zero-order chi connectivity index (χ0) is 17.1. The van der Waals surface area contributed by atoms with E-state index in [2.05, 4.69) is 77.6 Å². The van der Waals surface area contributed by atoms with Gasteiger partial charge in [0.1, 0.15) is 0 Å². The molecule has 2 heterocycles.